The number of hydrogen-bond acceptors (Lipinski definition) is 3. The zero-order valence-electron chi connectivity index (χ0n) is 12.3. The molecule has 2 heterocycles. The molecule has 1 aromatic heterocycles. The molecule has 110 valence electrons. The van der Waals surface area contributed by atoms with Crippen molar-refractivity contribution in [3.63, 3.8) is 0 Å². The van der Waals surface area contributed by atoms with Gasteiger partial charge >= 0.3 is 5.97 Å². The number of rotatable bonds is 3. The Kier molecular flexibility index (Phi) is 3.51. The summed E-state index contributed by atoms with van der Waals surface area (Å²) in [5.41, 5.74) is 4.35. The van der Waals surface area contributed by atoms with E-state index in [2.05, 4.69) is 11.2 Å². The van der Waals surface area contributed by atoms with Crippen LogP contribution in [0.4, 0.5) is 0 Å². The molecule has 0 fully saturated rings. The van der Waals surface area contributed by atoms with Crippen molar-refractivity contribution >= 4 is 5.97 Å². The molecule has 0 amide bonds. The van der Waals surface area contributed by atoms with Crippen LogP contribution in [-0.2, 0) is 31.4 Å². The molecule has 3 rings (SSSR count). The van der Waals surface area contributed by atoms with Gasteiger partial charge < -0.3 is 5.11 Å². The van der Waals surface area contributed by atoms with Gasteiger partial charge in [-0.1, -0.05) is 24.3 Å². The summed E-state index contributed by atoms with van der Waals surface area (Å²) in [5, 5.41) is 13.9. The first-order valence-electron chi connectivity index (χ1n) is 7.08. The standard InChI is InChI=1S/C16H19N3O2/c1-11-7-14(18(2)17-11)10-19-9-13-6-4-3-5-12(13)8-15(19)16(20)21/h3-7,15H,8-10H2,1-2H3,(H,20,21)/t15-/m0/s1. The largest absolute Gasteiger partial charge is 0.480 e. The van der Waals surface area contributed by atoms with Crippen molar-refractivity contribution < 1.29 is 9.90 Å². The number of fused-ring (bicyclic) bond motifs is 1. The molecular weight excluding hydrogens is 266 g/mol. The maximum Gasteiger partial charge on any atom is 0.321 e. The molecule has 0 bridgehead atoms. The van der Waals surface area contributed by atoms with Crippen LogP contribution in [0.15, 0.2) is 30.3 Å². The third-order valence-electron chi connectivity index (χ3n) is 4.09. The highest BCUT2D eigenvalue weighted by Crippen LogP contribution is 2.25. The normalized spacial score (nSPS) is 18.5. The van der Waals surface area contributed by atoms with Crippen molar-refractivity contribution in [3.05, 3.63) is 52.8 Å². The lowest BCUT2D eigenvalue weighted by Gasteiger charge is -2.34. The van der Waals surface area contributed by atoms with E-state index in [0.717, 1.165) is 17.0 Å². The van der Waals surface area contributed by atoms with Crippen molar-refractivity contribution in [2.45, 2.75) is 32.5 Å². The first-order valence-corrected chi connectivity index (χ1v) is 7.08. The monoisotopic (exact) mass is 285 g/mol. The molecule has 0 saturated carbocycles. The Balaban J connectivity index is 1.89. The lowest BCUT2D eigenvalue weighted by atomic mass is 9.94. The summed E-state index contributed by atoms with van der Waals surface area (Å²) in [6.07, 6.45) is 0.558. The van der Waals surface area contributed by atoms with Gasteiger partial charge in [0.05, 0.1) is 11.4 Å². The minimum atomic E-state index is -0.761. The quantitative estimate of drug-likeness (QED) is 0.933. The predicted molar refractivity (Wildman–Crippen MR) is 78.8 cm³/mol. The van der Waals surface area contributed by atoms with Crippen molar-refractivity contribution in [2.24, 2.45) is 7.05 Å². The maximum absolute atomic E-state index is 11.6. The van der Waals surface area contributed by atoms with Gasteiger partial charge in [-0.3, -0.25) is 14.4 Å². The summed E-state index contributed by atoms with van der Waals surface area (Å²) in [6.45, 7) is 3.21. The topological polar surface area (TPSA) is 58.4 Å². The Bertz CT molecular complexity index is 678. The molecule has 21 heavy (non-hydrogen) atoms. The van der Waals surface area contributed by atoms with Crippen molar-refractivity contribution in [1.29, 1.82) is 0 Å². The van der Waals surface area contributed by atoms with Crippen LogP contribution in [0.3, 0.4) is 0 Å². The van der Waals surface area contributed by atoms with Crippen LogP contribution in [0.5, 0.6) is 0 Å². The van der Waals surface area contributed by atoms with Crippen LogP contribution in [-0.4, -0.2) is 31.8 Å². The molecule has 0 saturated heterocycles. The fourth-order valence-corrected chi connectivity index (χ4v) is 3.01. The third-order valence-corrected chi connectivity index (χ3v) is 4.09. The van der Waals surface area contributed by atoms with E-state index in [1.165, 1.54) is 5.56 Å². The maximum atomic E-state index is 11.6. The molecule has 1 aliphatic rings. The van der Waals surface area contributed by atoms with Gasteiger partial charge in [-0.2, -0.15) is 5.10 Å². The summed E-state index contributed by atoms with van der Waals surface area (Å²) >= 11 is 0. The van der Waals surface area contributed by atoms with Gasteiger partial charge in [0.15, 0.2) is 0 Å². The molecule has 2 aromatic rings. The smallest absolute Gasteiger partial charge is 0.321 e. The summed E-state index contributed by atoms with van der Waals surface area (Å²) in [5.74, 6) is -0.761. The van der Waals surface area contributed by atoms with Crippen LogP contribution in [0.25, 0.3) is 0 Å². The van der Waals surface area contributed by atoms with Crippen molar-refractivity contribution in [1.82, 2.24) is 14.7 Å². The van der Waals surface area contributed by atoms with Crippen LogP contribution in [0, 0.1) is 6.92 Å². The third kappa shape index (κ3) is 2.69. The second kappa shape index (κ2) is 5.33. The van der Waals surface area contributed by atoms with Crippen LogP contribution >= 0.6 is 0 Å². The molecule has 1 atom stereocenters. The SMILES string of the molecule is Cc1cc(CN2Cc3ccccc3C[C@H]2C(=O)O)n(C)n1. The van der Waals surface area contributed by atoms with E-state index in [1.807, 2.05) is 47.8 Å². The van der Waals surface area contributed by atoms with Gasteiger partial charge in [-0.15, -0.1) is 0 Å². The fourth-order valence-electron chi connectivity index (χ4n) is 3.01. The van der Waals surface area contributed by atoms with E-state index in [0.29, 0.717) is 19.5 Å². The van der Waals surface area contributed by atoms with Crippen LogP contribution in [0.2, 0.25) is 0 Å². The van der Waals surface area contributed by atoms with Crippen LogP contribution in [0.1, 0.15) is 22.5 Å². The number of aliphatic carboxylic acids is 1. The van der Waals surface area contributed by atoms with Gasteiger partial charge in [0.1, 0.15) is 6.04 Å². The second-order valence-corrected chi connectivity index (χ2v) is 5.63. The predicted octanol–water partition coefficient (Wildman–Crippen LogP) is 1.74. The van der Waals surface area contributed by atoms with Gasteiger partial charge in [-0.25, -0.2) is 0 Å². The summed E-state index contributed by atoms with van der Waals surface area (Å²) < 4.78 is 1.83. The molecular formula is C16H19N3O2. The van der Waals surface area contributed by atoms with E-state index >= 15 is 0 Å². The molecule has 5 heteroatoms. The number of carboxylic acids is 1. The number of hydrogen-bond donors (Lipinski definition) is 1. The van der Waals surface area contributed by atoms with Gasteiger partial charge in [0.25, 0.3) is 0 Å². The number of carbonyl (C=O) groups is 1. The fraction of sp³-hybridized carbons (Fsp3) is 0.375. The van der Waals surface area contributed by atoms with Crippen molar-refractivity contribution in [2.75, 3.05) is 0 Å². The average molecular weight is 285 g/mol. The second-order valence-electron chi connectivity index (χ2n) is 5.63. The summed E-state index contributed by atoms with van der Waals surface area (Å²) in [7, 11) is 1.90. The van der Waals surface area contributed by atoms with Crippen molar-refractivity contribution in [3.8, 4) is 0 Å². The number of aryl methyl sites for hydroxylation is 2. The number of aromatic nitrogens is 2. The van der Waals surface area contributed by atoms with E-state index < -0.39 is 12.0 Å². The average Bonchev–Trinajstić information content (AvgIpc) is 2.76. The van der Waals surface area contributed by atoms with Gasteiger partial charge in [-0.05, 0) is 30.5 Å². The van der Waals surface area contributed by atoms with Crippen LogP contribution < -0.4 is 0 Å². The van der Waals surface area contributed by atoms with E-state index in [-0.39, 0.29) is 0 Å². The molecule has 5 nitrogen and oxygen atoms in total. The lowest BCUT2D eigenvalue weighted by molar-refractivity contribution is -0.144. The zero-order chi connectivity index (χ0) is 15.0. The zero-order valence-corrected chi connectivity index (χ0v) is 12.3. The summed E-state index contributed by atoms with van der Waals surface area (Å²) in [6, 6.07) is 9.62. The molecule has 1 aromatic carbocycles. The molecule has 0 spiro atoms. The van der Waals surface area contributed by atoms with E-state index in [9.17, 15) is 9.90 Å². The lowest BCUT2D eigenvalue weighted by Crippen LogP contribution is -2.45. The van der Waals surface area contributed by atoms with E-state index in [1.54, 1.807) is 0 Å². The Labute approximate surface area is 123 Å². The minimum absolute atomic E-state index is 0.477. The molecule has 1 aliphatic heterocycles. The Hall–Kier alpha value is -2.14. The first-order chi connectivity index (χ1) is 10.0. The molecule has 0 unspecified atom stereocenters. The number of nitrogens with zero attached hydrogens (tertiary/aromatic N) is 3. The van der Waals surface area contributed by atoms with Gasteiger partial charge in [0, 0.05) is 20.1 Å². The van der Waals surface area contributed by atoms with Gasteiger partial charge in [0.2, 0.25) is 0 Å². The molecule has 0 aliphatic carbocycles. The highest BCUT2D eigenvalue weighted by molar-refractivity contribution is 5.74. The highest BCUT2D eigenvalue weighted by Gasteiger charge is 2.31. The molecule has 0 radical (unpaired) electrons. The first kappa shape index (κ1) is 13.8. The Morgan fingerprint density at radius 2 is 2.10 bits per heavy atom. The minimum Gasteiger partial charge on any atom is -0.480 e. The number of benzene rings is 1. The Morgan fingerprint density at radius 3 is 2.71 bits per heavy atom. The Morgan fingerprint density at radius 1 is 1.38 bits per heavy atom. The summed E-state index contributed by atoms with van der Waals surface area (Å²) in [4.78, 5) is 13.6. The number of carboxylic acid groups (broad SMARTS) is 1. The highest BCUT2D eigenvalue weighted by atomic mass is 16.4. The van der Waals surface area contributed by atoms with E-state index in [4.69, 9.17) is 0 Å². The molecule has 1 N–H and O–H groups in total.